The fourth-order valence-corrected chi connectivity index (χ4v) is 3.24. The smallest absolute Gasteiger partial charge is 0.286 e. The lowest BCUT2D eigenvalue weighted by atomic mass is 10.1. The van der Waals surface area contributed by atoms with Gasteiger partial charge >= 0.3 is 0 Å². The third-order valence-corrected chi connectivity index (χ3v) is 4.98. The summed E-state index contributed by atoms with van der Waals surface area (Å²) < 4.78 is 11.6. The van der Waals surface area contributed by atoms with Crippen LogP contribution in [0.25, 0.3) is 22.0 Å². The van der Waals surface area contributed by atoms with E-state index in [2.05, 4.69) is 10.3 Å². The van der Waals surface area contributed by atoms with E-state index in [1.165, 1.54) is 12.8 Å². The van der Waals surface area contributed by atoms with E-state index in [1.807, 2.05) is 18.2 Å². The van der Waals surface area contributed by atoms with Crippen LogP contribution in [0.5, 0.6) is 11.5 Å². The van der Waals surface area contributed by atoms with Crippen molar-refractivity contribution in [2.75, 3.05) is 26.1 Å². The second kappa shape index (κ2) is 7.12. The molecule has 0 bridgehead atoms. The average Bonchev–Trinajstić information content (AvgIpc) is 3.51. The second-order valence-electron chi connectivity index (χ2n) is 6.69. The van der Waals surface area contributed by atoms with E-state index < -0.39 is 0 Å². The molecule has 4 rings (SSSR count). The molecule has 7 heteroatoms. The van der Waals surface area contributed by atoms with E-state index in [0.717, 1.165) is 22.0 Å². The normalized spacial score (nSPS) is 13.6. The molecule has 0 spiro atoms. The van der Waals surface area contributed by atoms with Crippen LogP contribution in [-0.2, 0) is 0 Å². The first-order chi connectivity index (χ1) is 13.1. The molecule has 1 N–H and O–H groups in total. The van der Waals surface area contributed by atoms with Gasteiger partial charge in [-0.15, -0.1) is 0 Å². The first kappa shape index (κ1) is 17.7. The van der Waals surface area contributed by atoms with Crippen molar-refractivity contribution in [3.8, 4) is 22.8 Å². The minimum absolute atomic E-state index is 0.354. The van der Waals surface area contributed by atoms with Gasteiger partial charge in [0.1, 0.15) is 22.3 Å². The highest BCUT2D eigenvalue weighted by atomic mass is 35.5. The number of nitrogens with zero attached hydrogens (tertiary/aromatic N) is 2. The molecular formula is C20H20ClN3O3. The van der Waals surface area contributed by atoms with Crippen LogP contribution in [0.3, 0.4) is 0 Å². The molecule has 1 aromatic carbocycles. The highest BCUT2D eigenvalue weighted by Crippen LogP contribution is 2.33. The predicted octanol–water partition coefficient (Wildman–Crippen LogP) is 4.03. The van der Waals surface area contributed by atoms with Crippen molar-refractivity contribution in [3.05, 3.63) is 46.9 Å². The number of halogens is 1. The summed E-state index contributed by atoms with van der Waals surface area (Å²) in [6, 6.07) is 8.92. The van der Waals surface area contributed by atoms with Crippen LogP contribution in [-0.4, -0.2) is 25.7 Å². The van der Waals surface area contributed by atoms with Gasteiger partial charge in [-0.2, -0.15) is 0 Å². The van der Waals surface area contributed by atoms with E-state index in [4.69, 9.17) is 21.1 Å². The van der Waals surface area contributed by atoms with Crippen molar-refractivity contribution in [1.82, 2.24) is 4.98 Å². The molecule has 0 saturated heterocycles. The lowest BCUT2D eigenvalue weighted by Crippen LogP contribution is -2.34. The van der Waals surface area contributed by atoms with Gasteiger partial charge < -0.3 is 14.7 Å². The summed E-state index contributed by atoms with van der Waals surface area (Å²) in [5.41, 5.74) is 1.19. The van der Waals surface area contributed by atoms with Crippen LogP contribution >= 0.6 is 11.6 Å². The summed E-state index contributed by atoms with van der Waals surface area (Å²) in [5.74, 6) is 2.34. The molecule has 0 unspecified atom stereocenters. The lowest BCUT2D eigenvalue weighted by Gasteiger charge is -2.17. The molecule has 2 heterocycles. The van der Waals surface area contributed by atoms with Crippen molar-refractivity contribution in [1.29, 1.82) is 0 Å². The molecule has 2 aromatic heterocycles. The van der Waals surface area contributed by atoms with Gasteiger partial charge in [0, 0.05) is 23.2 Å². The zero-order chi connectivity index (χ0) is 19.0. The Balaban J connectivity index is 1.90. The number of fused-ring (bicyclic) bond motifs is 1. The number of nitrogens with one attached hydrogen (secondary N) is 1. The fraction of sp³-hybridized carbons (Fsp3) is 0.300. The van der Waals surface area contributed by atoms with Crippen LogP contribution in [0.2, 0.25) is 5.15 Å². The maximum atomic E-state index is 13.2. The molecule has 27 heavy (non-hydrogen) atoms. The Hall–Kier alpha value is -2.73. The summed E-state index contributed by atoms with van der Waals surface area (Å²) >= 11 is 6.07. The number of anilines is 1. The van der Waals surface area contributed by atoms with Gasteiger partial charge in [0.15, 0.2) is 0 Å². The van der Waals surface area contributed by atoms with Gasteiger partial charge in [0.25, 0.3) is 5.82 Å². The SMILES string of the molecule is COc1cc(OC)cc(-c2cc3cnc(Cl)cc3c(NCC3CC3)[n+]2[O-])c1. The maximum absolute atomic E-state index is 13.2. The van der Waals surface area contributed by atoms with E-state index >= 15 is 0 Å². The first-order valence-electron chi connectivity index (χ1n) is 8.78. The standard InChI is InChI=1S/C20H20ClN3O3/c1-26-15-5-13(6-16(8-15)27-2)18-7-14-11-22-19(21)9-17(14)20(24(18)25)23-10-12-3-4-12/h5-9,11-12,23H,3-4,10H2,1-2H3. The van der Waals surface area contributed by atoms with Gasteiger partial charge in [-0.1, -0.05) is 11.6 Å². The number of hydrogen-bond donors (Lipinski definition) is 1. The molecule has 140 valence electrons. The zero-order valence-electron chi connectivity index (χ0n) is 15.2. The number of rotatable bonds is 6. The highest BCUT2D eigenvalue weighted by molar-refractivity contribution is 6.30. The van der Waals surface area contributed by atoms with Gasteiger partial charge in [-0.25, -0.2) is 9.71 Å². The minimum atomic E-state index is 0.354. The van der Waals surface area contributed by atoms with E-state index in [9.17, 15) is 5.21 Å². The van der Waals surface area contributed by atoms with Crippen molar-refractivity contribution in [2.45, 2.75) is 12.8 Å². The highest BCUT2D eigenvalue weighted by Gasteiger charge is 2.25. The Labute approximate surface area is 162 Å². The van der Waals surface area contributed by atoms with E-state index in [1.54, 1.807) is 32.5 Å². The average molecular weight is 386 g/mol. The summed E-state index contributed by atoms with van der Waals surface area (Å²) in [7, 11) is 3.16. The summed E-state index contributed by atoms with van der Waals surface area (Å²) in [5, 5.41) is 18.5. The Bertz CT molecular complexity index is 983. The van der Waals surface area contributed by atoms with Crippen molar-refractivity contribution >= 4 is 28.2 Å². The molecule has 0 aliphatic heterocycles. The van der Waals surface area contributed by atoms with Gasteiger partial charge in [0.2, 0.25) is 0 Å². The van der Waals surface area contributed by atoms with Crippen LogP contribution in [0, 0.1) is 11.1 Å². The largest absolute Gasteiger partial charge is 0.710 e. The molecule has 6 nitrogen and oxygen atoms in total. The number of hydrogen-bond acceptors (Lipinski definition) is 5. The van der Waals surface area contributed by atoms with Crippen molar-refractivity contribution < 1.29 is 14.2 Å². The monoisotopic (exact) mass is 385 g/mol. The zero-order valence-corrected chi connectivity index (χ0v) is 15.9. The van der Waals surface area contributed by atoms with Crippen molar-refractivity contribution in [2.24, 2.45) is 5.92 Å². The number of methoxy groups -OCH3 is 2. The number of aromatic nitrogens is 2. The first-order valence-corrected chi connectivity index (χ1v) is 9.16. The number of ether oxygens (including phenoxy) is 2. The predicted molar refractivity (Wildman–Crippen MR) is 105 cm³/mol. The van der Waals surface area contributed by atoms with Crippen molar-refractivity contribution in [3.63, 3.8) is 0 Å². The Morgan fingerprint density at radius 3 is 2.48 bits per heavy atom. The maximum Gasteiger partial charge on any atom is 0.286 e. The number of pyridine rings is 2. The van der Waals surface area contributed by atoms with Crippen LogP contribution in [0.15, 0.2) is 36.5 Å². The molecular weight excluding hydrogens is 366 g/mol. The summed E-state index contributed by atoms with van der Waals surface area (Å²) in [4.78, 5) is 4.16. The fourth-order valence-electron chi connectivity index (χ4n) is 3.08. The van der Waals surface area contributed by atoms with Crippen LogP contribution in [0.1, 0.15) is 12.8 Å². The van der Waals surface area contributed by atoms with Crippen LogP contribution < -0.4 is 19.5 Å². The summed E-state index contributed by atoms with van der Waals surface area (Å²) in [6.45, 7) is 0.766. The van der Waals surface area contributed by atoms with Gasteiger partial charge in [-0.05, 0) is 43.0 Å². The minimum Gasteiger partial charge on any atom is -0.710 e. The molecule has 0 radical (unpaired) electrons. The molecule has 1 saturated carbocycles. The molecule has 0 amide bonds. The molecule has 0 atom stereocenters. The Morgan fingerprint density at radius 1 is 1.15 bits per heavy atom. The number of benzene rings is 1. The quantitative estimate of drug-likeness (QED) is 0.394. The third-order valence-electron chi connectivity index (χ3n) is 4.77. The van der Waals surface area contributed by atoms with E-state index in [-0.39, 0.29) is 0 Å². The summed E-state index contributed by atoms with van der Waals surface area (Å²) in [6.07, 6.45) is 4.07. The van der Waals surface area contributed by atoms with Gasteiger partial charge in [0.05, 0.1) is 26.2 Å². The lowest BCUT2D eigenvalue weighted by molar-refractivity contribution is -0.577. The molecule has 3 aromatic rings. The Kier molecular flexibility index (Phi) is 4.66. The Morgan fingerprint density at radius 2 is 1.85 bits per heavy atom. The molecule has 1 aliphatic rings. The van der Waals surface area contributed by atoms with E-state index in [0.29, 0.717) is 39.6 Å². The van der Waals surface area contributed by atoms with Gasteiger partial charge in [-0.3, -0.25) is 5.32 Å². The second-order valence-corrected chi connectivity index (χ2v) is 7.08. The van der Waals surface area contributed by atoms with Crippen LogP contribution in [0.4, 0.5) is 5.82 Å². The third kappa shape index (κ3) is 3.57. The topological polar surface area (TPSA) is 70.3 Å². The molecule has 1 aliphatic carbocycles. The molecule has 1 fully saturated rings.